The van der Waals surface area contributed by atoms with Gasteiger partial charge in [0, 0.05) is 12.7 Å². The first kappa shape index (κ1) is 12.6. The first-order valence-electron chi connectivity index (χ1n) is 6.01. The second kappa shape index (κ2) is 5.19. The molecule has 0 saturated carbocycles. The van der Waals surface area contributed by atoms with Crippen molar-refractivity contribution < 1.29 is 9.53 Å². The van der Waals surface area contributed by atoms with E-state index >= 15 is 0 Å². The van der Waals surface area contributed by atoms with E-state index in [0.29, 0.717) is 12.2 Å². The van der Waals surface area contributed by atoms with Gasteiger partial charge in [-0.3, -0.25) is 4.79 Å². The predicted molar refractivity (Wildman–Crippen MR) is 68.1 cm³/mol. The zero-order chi connectivity index (χ0) is 13.1. The SMILES string of the molecule is CC1CC(C(=O)N(C)c2cccc(C#N)c2)CO1. The lowest BCUT2D eigenvalue weighted by Gasteiger charge is -2.20. The van der Waals surface area contributed by atoms with E-state index in [0.717, 1.165) is 12.1 Å². The van der Waals surface area contributed by atoms with Gasteiger partial charge in [-0.15, -0.1) is 0 Å². The van der Waals surface area contributed by atoms with E-state index in [-0.39, 0.29) is 17.9 Å². The smallest absolute Gasteiger partial charge is 0.232 e. The summed E-state index contributed by atoms with van der Waals surface area (Å²) in [5.74, 6) is -0.0230. The maximum Gasteiger partial charge on any atom is 0.232 e. The van der Waals surface area contributed by atoms with Crippen LogP contribution in [0.25, 0.3) is 0 Å². The number of nitrogens with zero attached hydrogens (tertiary/aromatic N) is 2. The third-order valence-electron chi connectivity index (χ3n) is 3.24. The summed E-state index contributed by atoms with van der Waals surface area (Å²) in [4.78, 5) is 13.9. The third kappa shape index (κ3) is 2.52. The van der Waals surface area contributed by atoms with E-state index < -0.39 is 0 Å². The standard InChI is InChI=1S/C14H16N2O2/c1-10-6-12(9-18-10)14(17)16(2)13-5-3-4-11(7-13)8-15/h3-5,7,10,12H,6,9H2,1-2H3. The van der Waals surface area contributed by atoms with Gasteiger partial charge in [0.15, 0.2) is 0 Å². The molecule has 1 amide bonds. The molecule has 4 nitrogen and oxygen atoms in total. The van der Waals surface area contributed by atoms with Crippen LogP contribution >= 0.6 is 0 Å². The van der Waals surface area contributed by atoms with Gasteiger partial charge in [0.25, 0.3) is 0 Å². The zero-order valence-corrected chi connectivity index (χ0v) is 10.6. The number of hydrogen-bond donors (Lipinski definition) is 0. The van der Waals surface area contributed by atoms with Gasteiger partial charge in [0.05, 0.1) is 30.3 Å². The van der Waals surface area contributed by atoms with Gasteiger partial charge in [0.1, 0.15) is 0 Å². The average molecular weight is 244 g/mol. The fourth-order valence-electron chi connectivity index (χ4n) is 2.17. The predicted octanol–water partition coefficient (Wildman–Crippen LogP) is 1.95. The Hall–Kier alpha value is -1.86. The van der Waals surface area contributed by atoms with Crippen molar-refractivity contribution >= 4 is 11.6 Å². The molecule has 1 aliphatic heterocycles. The zero-order valence-electron chi connectivity index (χ0n) is 10.6. The van der Waals surface area contributed by atoms with E-state index in [1.54, 1.807) is 30.1 Å². The van der Waals surface area contributed by atoms with Crippen LogP contribution in [0.15, 0.2) is 24.3 Å². The molecule has 2 rings (SSSR count). The largest absolute Gasteiger partial charge is 0.378 e. The lowest BCUT2D eigenvalue weighted by atomic mass is 10.0. The summed E-state index contributed by atoms with van der Waals surface area (Å²) in [6.45, 7) is 2.46. The first-order valence-corrected chi connectivity index (χ1v) is 6.01. The van der Waals surface area contributed by atoms with Crippen molar-refractivity contribution in [1.82, 2.24) is 0 Å². The molecule has 1 aliphatic rings. The van der Waals surface area contributed by atoms with Crippen LogP contribution < -0.4 is 4.90 Å². The molecule has 0 radical (unpaired) electrons. The fraction of sp³-hybridized carbons (Fsp3) is 0.429. The maximum atomic E-state index is 12.3. The monoisotopic (exact) mass is 244 g/mol. The molecule has 0 aliphatic carbocycles. The Balaban J connectivity index is 2.13. The van der Waals surface area contributed by atoms with Crippen LogP contribution in [0.2, 0.25) is 0 Å². The molecule has 1 saturated heterocycles. The van der Waals surface area contributed by atoms with E-state index in [1.807, 2.05) is 13.0 Å². The highest BCUT2D eigenvalue weighted by Crippen LogP contribution is 2.24. The molecule has 1 aromatic carbocycles. The molecule has 18 heavy (non-hydrogen) atoms. The minimum Gasteiger partial charge on any atom is -0.378 e. The highest BCUT2D eigenvalue weighted by molar-refractivity contribution is 5.94. The van der Waals surface area contributed by atoms with Gasteiger partial charge in [-0.1, -0.05) is 6.07 Å². The molecule has 4 heteroatoms. The fourth-order valence-corrected chi connectivity index (χ4v) is 2.17. The molecule has 2 unspecified atom stereocenters. The summed E-state index contributed by atoms with van der Waals surface area (Å²) in [7, 11) is 1.74. The minimum atomic E-state index is -0.0734. The van der Waals surface area contributed by atoms with E-state index in [1.165, 1.54) is 0 Å². The molecule has 1 aromatic rings. The van der Waals surface area contributed by atoms with Gasteiger partial charge in [-0.05, 0) is 31.5 Å². The number of ether oxygens (including phenoxy) is 1. The number of carbonyl (C=O) groups is 1. The highest BCUT2D eigenvalue weighted by Gasteiger charge is 2.30. The van der Waals surface area contributed by atoms with Crippen LogP contribution in [0.3, 0.4) is 0 Å². The number of nitriles is 1. The Labute approximate surface area is 107 Å². The van der Waals surface area contributed by atoms with Crippen LogP contribution in [0.4, 0.5) is 5.69 Å². The highest BCUT2D eigenvalue weighted by atomic mass is 16.5. The quantitative estimate of drug-likeness (QED) is 0.799. The summed E-state index contributed by atoms with van der Waals surface area (Å²) in [5.41, 5.74) is 1.31. The number of anilines is 1. The molecular formula is C14H16N2O2. The summed E-state index contributed by atoms with van der Waals surface area (Å²) >= 11 is 0. The molecule has 1 fully saturated rings. The van der Waals surface area contributed by atoms with Crippen LogP contribution in [-0.4, -0.2) is 25.7 Å². The number of hydrogen-bond acceptors (Lipinski definition) is 3. The molecule has 0 bridgehead atoms. The van der Waals surface area contributed by atoms with Crippen molar-refractivity contribution in [3.05, 3.63) is 29.8 Å². The number of benzene rings is 1. The van der Waals surface area contributed by atoms with Crippen molar-refractivity contribution in [2.45, 2.75) is 19.4 Å². The second-order valence-electron chi connectivity index (χ2n) is 4.64. The van der Waals surface area contributed by atoms with Gasteiger partial charge in [0.2, 0.25) is 5.91 Å². The van der Waals surface area contributed by atoms with E-state index in [4.69, 9.17) is 10.00 Å². The van der Waals surface area contributed by atoms with Crippen molar-refractivity contribution in [2.75, 3.05) is 18.6 Å². The lowest BCUT2D eigenvalue weighted by molar-refractivity contribution is -0.122. The van der Waals surface area contributed by atoms with Crippen LogP contribution in [0.5, 0.6) is 0 Å². The molecule has 94 valence electrons. The van der Waals surface area contributed by atoms with Gasteiger partial charge in [-0.2, -0.15) is 5.26 Å². The number of carbonyl (C=O) groups excluding carboxylic acids is 1. The van der Waals surface area contributed by atoms with E-state index in [2.05, 4.69) is 6.07 Å². The Morgan fingerprint density at radius 2 is 2.33 bits per heavy atom. The summed E-state index contributed by atoms with van der Waals surface area (Å²) in [5, 5.41) is 8.86. The second-order valence-corrected chi connectivity index (χ2v) is 4.64. The van der Waals surface area contributed by atoms with Crippen LogP contribution in [0.1, 0.15) is 18.9 Å². The summed E-state index contributed by atoms with van der Waals surface area (Å²) in [6.07, 6.45) is 0.916. The molecule has 0 aromatic heterocycles. The Bertz CT molecular complexity index is 493. The first-order chi connectivity index (χ1) is 8.61. The lowest BCUT2D eigenvalue weighted by Crippen LogP contribution is -2.33. The van der Waals surface area contributed by atoms with Crippen molar-refractivity contribution in [3.8, 4) is 6.07 Å². The van der Waals surface area contributed by atoms with Gasteiger partial charge >= 0.3 is 0 Å². The van der Waals surface area contributed by atoms with Crippen molar-refractivity contribution in [1.29, 1.82) is 5.26 Å². The van der Waals surface area contributed by atoms with Crippen molar-refractivity contribution in [2.24, 2.45) is 5.92 Å². The third-order valence-corrected chi connectivity index (χ3v) is 3.24. The molecule has 0 N–H and O–H groups in total. The number of rotatable bonds is 2. The molecule has 0 spiro atoms. The number of amides is 1. The molecular weight excluding hydrogens is 228 g/mol. The van der Waals surface area contributed by atoms with Crippen LogP contribution in [0, 0.1) is 17.2 Å². The average Bonchev–Trinajstić information content (AvgIpc) is 2.83. The normalized spacial score (nSPS) is 22.5. The summed E-state index contributed by atoms with van der Waals surface area (Å²) < 4.78 is 5.42. The Morgan fingerprint density at radius 3 is 2.94 bits per heavy atom. The molecule has 2 atom stereocenters. The minimum absolute atomic E-state index is 0.0504. The van der Waals surface area contributed by atoms with Gasteiger partial charge in [-0.25, -0.2) is 0 Å². The van der Waals surface area contributed by atoms with Gasteiger partial charge < -0.3 is 9.64 Å². The maximum absolute atomic E-state index is 12.3. The Morgan fingerprint density at radius 1 is 1.56 bits per heavy atom. The van der Waals surface area contributed by atoms with E-state index in [9.17, 15) is 4.79 Å². The molecule has 1 heterocycles. The Kier molecular flexibility index (Phi) is 3.63. The van der Waals surface area contributed by atoms with Crippen LogP contribution in [-0.2, 0) is 9.53 Å². The summed E-state index contributed by atoms with van der Waals surface area (Å²) in [6, 6.07) is 9.13. The van der Waals surface area contributed by atoms with Crippen molar-refractivity contribution in [3.63, 3.8) is 0 Å². The topological polar surface area (TPSA) is 53.3 Å².